The fraction of sp³-hybridized carbons (Fsp3) is 0.143. The molecule has 0 bridgehead atoms. The van der Waals surface area contributed by atoms with Crippen molar-refractivity contribution in [3.8, 4) is 16.9 Å². The van der Waals surface area contributed by atoms with Gasteiger partial charge in [0.2, 0.25) is 0 Å². The lowest BCUT2D eigenvalue weighted by Crippen LogP contribution is -2.01. The van der Waals surface area contributed by atoms with Gasteiger partial charge in [0, 0.05) is 12.1 Å². The fourth-order valence-corrected chi connectivity index (χ4v) is 1.83. The molecule has 0 spiro atoms. The van der Waals surface area contributed by atoms with E-state index >= 15 is 0 Å². The Morgan fingerprint density at radius 2 is 1.83 bits per heavy atom. The molecule has 2 aromatic carbocycles. The van der Waals surface area contributed by atoms with Crippen LogP contribution in [0.1, 0.15) is 5.56 Å². The van der Waals surface area contributed by atoms with Crippen molar-refractivity contribution < 1.29 is 13.5 Å². The maximum absolute atomic E-state index is 13.7. The molecule has 0 aliphatic rings. The summed E-state index contributed by atoms with van der Waals surface area (Å²) < 4.78 is 32.0. The van der Waals surface area contributed by atoms with Crippen LogP contribution in [0.15, 0.2) is 36.4 Å². The molecule has 0 heterocycles. The van der Waals surface area contributed by atoms with Crippen LogP contribution < -0.4 is 10.5 Å². The summed E-state index contributed by atoms with van der Waals surface area (Å²) in [5.74, 6) is -0.322. The van der Waals surface area contributed by atoms with Gasteiger partial charge in [0.1, 0.15) is 17.4 Å². The van der Waals surface area contributed by atoms with Gasteiger partial charge in [-0.2, -0.15) is 0 Å². The lowest BCUT2D eigenvalue weighted by Gasteiger charge is -2.11. The number of nitrogens with two attached hydrogens (primary N) is 1. The third-order valence-corrected chi connectivity index (χ3v) is 2.75. The van der Waals surface area contributed by atoms with E-state index in [0.29, 0.717) is 16.9 Å². The summed E-state index contributed by atoms with van der Waals surface area (Å²) in [4.78, 5) is 0. The Labute approximate surface area is 104 Å². The monoisotopic (exact) mass is 249 g/mol. The first kappa shape index (κ1) is 12.5. The predicted octanol–water partition coefficient (Wildman–Crippen LogP) is 3.10. The van der Waals surface area contributed by atoms with E-state index in [4.69, 9.17) is 10.5 Å². The molecule has 0 fully saturated rings. The highest BCUT2D eigenvalue weighted by Gasteiger charge is 2.11. The highest BCUT2D eigenvalue weighted by atomic mass is 19.1. The number of hydrogen-bond donors (Lipinski definition) is 1. The maximum Gasteiger partial charge on any atom is 0.131 e. The molecule has 2 rings (SSSR count). The minimum absolute atomic E-state index is 0.207. The number of ether oxygens (including phenoxy) is 1. The van der Waals surface area contributed by atoms with Crippen LogP contribution in [0, 0.1) is 11.6 Å². The Hall–Kier alpha value is -1.94. The molecule has 0 aliphatic carbocycles. The summed E-state index contributed by atoms with van der Waals surface area (Å²) >= 11 is 0. The predicted molar refractivity (Wildman–Crippen MR) is 66.2 cm³/mol. The highest BCUT2D eigenvalue weighted by Crippen LogP contribution is 2.29. The minimum Gasteiger partial charge on any atom is -0.497 e. The van der Waals surface area contributed by atoms with Crippen molar-refractivity contribution in [3.63, 3.8) is 0 Å². The Morgan fingerprint density at radius 3 is 2.50 bits per heavy atom. The van der Waals surface area contributed by atoms with Crippen LogP contribution >= 0.6 is 0 Å². The number of methoxy groups -OCH3 is 1. The van der Waals surface area contributed by atoms with E-state index in [1.54, 1.807) is 18.2 Å². The highest BCUT2D eigenvalue weighted by molar-refractivity contribution is 5.69. The molecule has 94 valence electrons. The number of rotatable bonds is 3. The normalized spacial score (nSPS) is 10.4. The van der Waals surface area contributed by atoms with Crippen LogP contribution in [0.2, 0.25) is 0 Å². The van der Waals surface area contributed by atoms with Gasteiger partial charge >= 0.3 is 0 Å². The van der Waals surface area contributed by atoms with Crippen LogP contribution in [0.4, 0.5) is 8.78 Å². The van der Waals surface area contributed by atoms with Gasteiger partial charge in [0.15, 0.2) is 0 Å². The summed E-state index contributed by atoms with van der Waals surface area (Å²) in [5.41, 5.74) is 7.12. The average molecular weight is 249 g/mol. The zero-order chi connectivity index (χ0) is 13.1. The van der Waals surface area contributed by atoms with Gasteiger partial charge in [-0.15, -0.1) is 0 Å². The van der Waals surface area contributed by atoms with Gasteiger partial charge in [0.25, 0.3) is 0 Å². The van der Waals surface area contributed by atoms with Gasteiger partial charge < -0.3 is 10.5 Å². The number of benzene rings is 2. The van der Waals surface area contributed by atoms with Gasteiger partial charge in [-0.3, -0.25) is 0 Å². The van der Waals surface area contributed by atoms with Gasteiger partial charge in [0.05, 0.1) is 7.11 Å². The molecule has 0 aliphatic heterocycles. The summed E-state index contributed by atoms with van der Waals surface area (Å²) in [5, 5.41) is 0. The van der Waals surface area contributed by atoms with E-state index < -0.39 is 11.6 Å². The van der Waals surface area contributed by atoms with Gasteiger partial charge in [-0.05, 0) is 41.5 Å². The van der Waals surface area contributed by atoms with Crippen molar-refractivity contribution in [3.05, 3.63) is 53.6 Å². The molecule has 0 unspecified atom stereocenters. The third kappa shape index (κ3) is 2.33. The molecule has 0 saturated carbocycles. The van der Waals surface area contributed by atoms with Crippen LogP contribution in [0.5, 0.6) is 5.75 Å². The molecule has 2 aromatic rings. The summed E-state index contributed by atoms with van der Waals surface area (Å²) in [6.07, 6.45) is 0. The molecular formula is C14H13F2NO. The lowest BCUT2D eigenvalue weighted by molar-refractivity contribution is 0.414. The van der Waals surface area contributed by atoms with E-state index in [-0.39, 0.29) is 12.1 Å². The minimum atomic E-state index is -0.481. The first-order chi connectivity index (χ1) is 8.65. The summed E-state index contributed by atoms with van der Waals surface area (Å²) in [6, 6.07) is 8.45. The molecule has 2 nitrogen and oxygen atoms in total. The van der Waals surface area contributed by atoms with E-state index in [2.05, 4.69) is 0 Å². The van der Waals surface area contributed by atoms with Crippen molar-refractivity contribution in [2.45, 2.75) is 6.54 Å². The number of halogens is 2. The Morgan fingerprint density at radius 1 is 1.06 bits per heavy atom. The molecule has 4 heteroatoms. The summed E-state index contributed by atoms with van der Waals surface area (Å²) in [7, 11) is 1.54. The molecular weight excluding hydrogens is 236 g/mol. The van der Waals surface area contributed by atoms with Crippen molar-refractivity contribution >= 4 is 0 Å². The van der Waals surface area contributed by atoms with E-state index in [0.717, 1.165) is 18.2 Å². The number of hydrogen-bond acceptors (Lipinski definition) is 2. The van der Waals surface area contributed by atoms with Crippen molar-refractivity contribution in [2.24, 2.45) is 5.73 Å². The van der Waals surface area contributed by atoms with Crippen LogP contribution in [-0.2, 0) is 6.54 Å². The van der Waals surface area contributed by atoms with Crippen LogP contribution in [0.3, 0.4) is 0 Å². The van der Waals surface area contributed by atoms with E-state index in [9.17, 15) is 8.78 Å². The Balaban J connectivity index is 2.59. The topological polar surface area (TPSA) is 35.2 Å². The zero-order valence-corrected chi connectivity index (χ0v) is 9.91. The van der Waals surface area contributed by atoms with Gasteiger partial charge in [-0.25, -0.2) is 8.78 Å². The molecule has 0 radical (unpaired) electrons. The third-order valence-electron chi connectivity index (χ3n) is 2.75. The largest absolute Gasteiger partial charge is 0.497 e. The lowest BCUT2D eigenvalue weighted by atomic mass is 9.99. The first-order valence-electron chi connectivity index (χ1n) is 5.48. The van der Waals surface area contributed by atoms with Crippen molar-refractivity contribution in [1.82, 2.24) is 0 Å². The molecule has 0 saturated heterocycles. The second kappa shape index (κ2) is 5.14. The SMILES string of the molecule is COc1ccc(-c2cc(F)ccc2F)c(CN)c1. The molecule has 0 amide bonds. The molecule has 2 N–H and O–H groups in total. The van der Waals surface area contributed by atoms with E-state index in [1.165, 1.54) is 7.11 Å². The van der Waals surface area contributed by atoms with Crippen LogP contribution in [0.25, 0.3) is 11.1 Å². The van der Waals surface area contributed by atoms with Crippen LogP contribution in [-0.4, -0.2) is 7.11 Å². The molecule has 18 heavy (non-hydrogen) atoms. The second-order valence-corrected chi connectivity index (χ2v) is 3.85. The maximum atomic E-state index is 13.7. The second-order valence-electron chi connectivity index (χ2n) is 3.85. The molecule has 0 aromatic heterocycles. The van der Waals surface area contributed by atoms with Gasteiger partial charge in [-0.1, -0.05) is 6.07 Å². The fourth-order valence-electron chi connectivity index (χ4n) is 1.83. The Bertz CT molecular complexity index is 570. The average Bonchev–Trinajstić information content (AvgIpc) is 2.41. The van der Waals surface area contributed by atoms with Crippen molar-refractivity contribution in [2.75, 3.05) is 7.11 Å². The summed E-state index contributed by atoms with van der Waals surface area (Å²) in [6.45, 7) is 0.225. The van der Waals surface area contributed by atoms with Crippen molar-refractivity contribution in [1.29, 1.82) is 0 Å². The standard InChI is InChI=1S/C14H13F2NO/c1-18-11-3-4-12(9(6-11)8-17)13-7-10(15)2-5-14(13)16/h2-7H,8,17H2,1H3. The first-order valence-corrected chi connectivity index (χ1v) is 5.48. The Kier molecular flexibility index (Phi) is 3.58. The molecule has 0 atom stereocenters. The van der Waals surface area contributed by atoms with E-state index in [1.807, 2.05) is 0 Å². The zero-order valence-electron chi connectivity index (χ0n) is 9.91. The quantitative estimate of drug-likeness (QED) is 0.907. The smallest absolute Gasteiger partial charge is 0.131 e.